The Bertz CT molecular complexity index is 1000. The average molecular weight is 533 g/mol. The number of carbonyl (C=O) groups is 5. The van der Waals surface area contributed by atoms with Gasteiger partial charge in [0, 0.05) is 19.5 Å². The van der Waals surface area contributed by atoms with Gasteiger partial charge in [-0.1, -0.05) is 35.9 Å². The highest BCUT2D eigenvalue weighted by Gasteiger charge is 2.36. The molecule has 2 unspecified atom stereocenters. The Morgan fingerprint density at radius 3 is 2.39 bits per heavy atom. The van der Waals surface area contributed by atoms with Crippen molar-refractivity contribution in [3.63, 3.8) is 0 Å². The summed E-state index contributed by atoms with van der Waals surface area (Å²) in [5, 5.41) is 5.20. The third-order valence-electron chi connectivity index (χ3n) is 5.13. The van der Waals surface area contributed by atoms with Crippen LogP contribution in [0.1, 0.15) is 64.1 Å². The molecule has 11 nitrogen and oxygen atoms in total. The Morgan fingerprint density at radius 1 is 1.16 bits per heavy atom. The predicted octanol–water partition coefficient (Wildman–Crippen LogP) is 2.28. The molecular formula is C27H40N4O7. The van der Waals surface area contributed by atoms with Crippen LogP contribution in [0.3, 0.4) is 0 Å². The van der Waals surface area contributed by atoms with Crippen LogP contribution in [-0.4, -0.2) is 66.0 Å². The van der Waals surface area contributed by atoms with Gasteiger partial charge in [0.05, 0.1) is 13.0 Å². The molecule has 0 aliphatic heterocycles. The zero-order valence-electron chi connectivity index (χ0n) is 22.9. The van der Waals surface area contributed by atoms with E-state index in [4.69, 9.17) is 15.2 Å². The number of nitrogens with zero attached hydrogens (tertiary/aromatic N) is 1. The first kappa shape index (κ1) is 32.1. The third kappa shape index (κ3) is 11.4. The Balaban J connectivity index is 3.37. The molecule has 0 aromatic heterocycles. The van der Waals surface area contributed by atoms with Gasteiger partial charge in [-0.15, -0.1) is 6.58 Å². The number of amides is 4. The summed E-state index contributed by atoms with van der Waals surface area (Å²) in [6, 6.07) is 4.73. The SMILES string of the molecule is C=CCN(C(=O)C(CCC(N)=O)NC(=O)OC(C)(C)C)C(C(=O)NCCC(=O)OCC)c1cccc(C)c1. The minimum atomic E-state index is -1.21. The summed E-state index contributed by atoms with van der Waals surface area (Å²) >= 11 is 0. The zero-order chi connectivity index (χ0) is 28.9. The molecule has 0 spiro atoms. The molecule has 0 aliphatic carbocycles. The molecule has 0 radical (unpaired) electrons. The highest BCUT2D eigenvalue weighted by Crippen LogP contribution is 2.24. The highest BCUT2D eigenvalue weighted by atomic mass is 16.6. The molecule has 0 saturated carbocycles. The number of nitrogens with two attached hydrogens (primary N) is 1. The molecule has 4 amide bonds. The lowest BCUT2D eigenvalue weighted by Crippen LogP contribution is -2.53. The molecule has 0 bridgehead atoms. The standard InChI is InChI=1S/C27H40N4O7/c1-7-16-31(25(35)20(12-13-21(28)32)30-26(36)38-27(4,5)6)23(19-11-9-10-18(3)17-19)24(34)29-15-14-22(33)37-8-2/h7,9-11,17,20,23H,1,8,12-16H2,2-6H3,(H2,28,32)(H,29,34)(H,30,36). The van der Waals surface area contributed by atoms with Crippen molar-refractivity contribution in [1.29, 1.82) is 0 Å². The van der Waals surface area contributed by atoms with Crippen LogP contribution in [0.2, 0.25) is 0 Å². The van der Waals surface area contributed by atoms with E-state index in [1.165, 1.54) is 11.0 Å². The molecule has 38 heavy (non-hydrogen) atoms. The van der Waals surface area contributed by atoms with Gasteiger partial charge in [-0.05, 0) is 46.6 Å². The monoisotopic (exact) mass is 532 g/mol. The van der Waals surface area contributed by atoms with Gasteiger partial charge in [-0.25, -0.2) is 4.79 Å². The van der Waals surface area contributed by atoms with E-state index in [9.17, 15) is 24.0 Å². The molecule has 4 N–H and O–H groups in total. The summed E-state index contributed by atoms with van der Waals surface area (Å²) in [5.74, 6) is -2.30. The van der Waals surface area contributed by atoms with E-state index in [1.54, 1.807) is 45.9 Å². The van der Waals surface area contributed by atoms with Gasteiger partial charge in [-0.3, -0.25) is 19.2 Å². The van der Waals surface area contributed by atoms with Crippen LogP contribution in [0, 0.1) is 6.92 Å². The highest BCUT2D eigenvalue weighted by molar-refractivity contribution is 5.92. The summed E-state index contributed by atoms with van der Waals surface area (Å²) in [5.41, 5.74) is 5.84. The molecule has 1 aromatic carbocycles. The van der Waals surface area contributed by atoms with Crippen molar-refractivity contribution in [3.05, 3.63) is 48.0 Å². The van der Waals surface area contributed by atoms with Crippen LogP contribution in [0.25, 0.3) is 0 Å². The maximum atomic E-state index is 13.8. The number of carbonyl (C=O) groups excluding carboxylic acids is 5. The normalized spacial score (nSPS) is 12.4. The van der Waals surface area contributed by atoms with Gasteiger partial charge in [0.15, 0.2) is 0 Å². The molecule has 1 rings (SSSR count). The van der Waals surface area contributed by atoms with Crippen molar-refractivity contribution in [3.8, 4) is 0 Å². The second kappa shape index (κ2) is 15.4. The Kier molecular flexibility index (Phi) is 13.0. The Hall–Kier alpha value is -3.89. The summed E-state index contributed by atoms with van der Waals surface area (Å²) in [7, 11) is 0. The second-order valence-electron chi connectivity index (χ2n) is 9.65. The molecule has 2 atom stereocenters. The maximum absolute atomic E-state index is 13.8. The summed E-state index contributed by atoms with van der Waals surface area (Å²) < 4.78 is 10.2. The summed E-state index contributed by atoms with van der Waals surface area (Å²) in [6.07, 6.45) is 0.258. The van der Waals surface area contributed by atoms with Gasteiger partial charge >= 0.3 is 12.1 Å². The van der Waals surface area contributed by atoms with E-state index in [-0.39, 0.29) is 39.0 Å². The third-order valence-corrected chi connectivity index (χ3v) is 5.13. The van der Waals surface area contributed by atoms with Gasteiger partial charge in [0.1, 0.15) is 17.7 Å². The molecular weight excluding hydrogens is 492 g/mol. The Morgan fingerprint density at radius 2 is 1.84 bits per heavy atom. The molecule has 11 heteroatoms. The number of hydrogen-bond acceptors (Lipinski definition) is 7. The van der Waals surface area contributed by atoms with Crippen molar-refractivity contribution >= 4 is 29.8 Å². The lowest BCUT2D eigenvalue weighted by Gasteiger charge is -2.34. The van der Waals surface area contributed by atoms with Crippen molar-refractivity contribution in [1.82, 2.24) is 15.5 Å². The van der Waals surface area contributed by atoms with Crippen molar-refractivity contribution in [2.75, 3.05) is 19.7 Å². The first-order chi connectivity index (χ1) is 17.8. The van der Waals surface area contributed by atoms with Crippen LogP contribution < -0.4 is 16.4 Å². The first-order valence-electron chi connectivity index (χ1n) is 12.5. The van der Waals surface area contributed by atoms with Crippen LogP contribution in [0.5, 0.6) is 0 Å². The van der Waals surface area contributed by atoms with Gasteiger partial charge in [-0.2, -0.15) is 0 Å². The van der Waals surface area contributed by atoms with Crippen molar-refractivity contribution < 1.29 is 33.4 Å². The molecule has 0 aliphatic rings. The Labute approximate surface area is 224 Å². The molecule has 0 fully saturated rings. The van der Waals surface area contributed by atoms with E-state index < -0.39 is 47.5 Å². The maximum Gasteiger partial charge on any atom is 0.408 e. The summed E-state index contributed by atoms with van der Waals surface area (Å²) in [4.78, 5) is 64.2. The van der Waals surface area contributed by atoms with Crippen LogP contribution >= 0.6 is 0 Å². The minimum Gasteiger partial charge on any atom is -0.466 e. The molecule has 1 aromatic rings. The quantitative estimate of drug-likeness (QED) is 0.245. The minimum absolute atomic E-state index is 0.00261. The van der Waals surface area contributed by atoms with E-state index in [0.717, 1.165) is 5.56 Å². The number of alkyl carbamates (subject to hydrolysis) is 1. The topological polar surface area (TPSA) is 157 Å². The van der Waals surface area contributed by atoms with Gasteiger partial charge in [0.2, 0.25) is 17.7 Å². The van der Waals surface area contributed by atoms with Gasteiger partial charge in [0.25, 0.3) is 0 Å². The number of aryl methyl sites for hydroxylation is 1. The van der Waals surface area contributed by atoms with Crippen LogP contribution in [-0.2, 0) is 28.7 Å². The van der Waals surface area contributed by atoms with E-state index >= 15 is 0 Å². The summed E-state index contributed by atoms with van der Waals surface area (Å²) in [6.45, 7) is 12.4. The number of ether oxygens (including phenoxy) is 2. The molecule has 0 saturated heterocycles. The number of benzene rings is 1. The molecule has 0 heterocycles. The van der Waals surface area contributed by atoms with E-state index in [1.807, 2.05) is 13.0 Å². The van der Waals surface area contributed by atoms with Crippen molar-refractivity contribution in [2.24, 2.45) is 5.73 Å². The van der Waals surface area contributed by atoms with Gasteiger partial charge < -0.3 is 30.7 Å². The number of hydrogen-bond donors (Lipinski definition) is 3. The van der Waals surface area contributed by atoms with Crippen LogP contribution in [0.4, 0.5) is 4.79 Å². The predicted molar refractivity (Wildman–Crippen MR) is 142 cm³/mol. The second-order valence-corrected chi connectivity index (χ2v) is 9.65. The lowest BCUT2D eigenvalue weighted by molar-refractivity contribution is -0.144. The zero-order valence-corrected chi connectivity index (χ0v) is 22.9. The van der Waals surface area contributed by atoms with E-state index in [0.29, 0.717) is 5.56 Å². The van der Waals surface area contributed by atoms with Crippen molar-refractivity contribution in [2.45, 2.75) is 71.6 Å². The van der Waals surface area contributed by atoms with Crippen LogP contribution in [0.15, 0.2) is 36.9 Å². The van der Waals surface area contributed by atoms with E-state index in [2.05, 4.69) is 17.2 Å². The fourth-order valence-electron chi connectivity index (χ4n) is 3.59. The number of esters is 1. The number of nitrogens with one attached hydrogen (secondary N) is 2. The fraction of sp³-hybridized carbons (Fsp3) is 0.519. The average Bonchev–Trinajstić information content (AvgIpc) is 2.80. The lowest BCUT2D eigenvalue weighted by atomic mass is 10.00. The number of rotatable bonds is 14. The fourth-order valence-corrected chi connectivity index (χ4v) is 3.59. The smallest absolute Gasteiger partial charge is 0.408 e. The first-order valence-corrected chi connectivity index (χ1v) is 12.5. The molecule has 210 valence electrons. The number of primary amides is 1. The largest absolute Gasteiger partial charge is 0.466 e.